The van der Waals surface area contributed by atoms with E-state index >= 15 is 0 Å². The SMILES string of the molecule is CSc1cc(C(O)C(Cl)Cl)ccc1F. The van der Waals surface area contributed by atoms with E-state index < -0.39 is 10.9 Å². The number of aliphatic hydroxyl groups is 1. The van der Waals surface area contributed by atoms with Gasteiger partial charge in [0.15, 0.2) is 0 Å². The van der Waals surface area contributed by atoms with Crippen molar-refractivity contribution in [3.05, 3.63) is 29.6 Å². The van der Waals surface area contributed by atoms with E-state index in [2.05, 4.69) is 0 Å². The molecule has 0 aliphatic heterocycles. The molecule has 0 radical (unpaired) electrons. The quantitative estimate of drug-likeness (QED) is 0.660. The smallest absolute Gasteiger partial charge is 0.137 e. The van der Waals surface area contributed by atoms with Crippen molar-refractivity contribution in [3.63, 3.8) is 0 Å². The second-order valence-corrected chi connectivity index (χ2v) is 4.69. The van der Waals surface area contributed by atoms with Crippen LogP contribution in [0.25, 0.3) is 0 Å². The van der Waals surface area contributed by atoms with E-state index in [1.54, 1.807) is 12.3 Å². The minimum atomic E-state index is -0.982. The molecular weight excluding hydrogens is 246 g/mol. The standard InChI is InChI=1S/C9H9Cl2FOS/c1-14-7-4-5(2-3-6(7)12)8(13)9(10)11/h2-4,8-9,13H,1H3. The highest BCUT2D eigenvalue weighted by Gasteiger charge is 2.16. The molecule has 1 aromatic rings. The van der Waals surface area contributed by atoms with Gasteiger partial charge in [0.1, 0.15) is 16.8 Å². The average Bonchev–Trinajstić information content (AvgIpc) is 2.17. The molecule has 0 spiro atoms. The van der Waals surface area contributed by atoms with Crippen LogP contribution in [0.4, 0.5) is 4.39 Å². The van der Waals surface area contributed by atoms with E-state index in [4.69, 9.17) is 23.2 Å². The molecule has 0 saturated heterocycles. The van der Waals surface area contributed by atoms with Gasteiger partial charge in [0.2, 0.25) is 0 Å². The first-order chi connectivity index (χ1) is 6.56. The maximum absolute atomic E-state index is 13.1. The number of hydrogen-bond acceptors (Lipinski definition) is 2. The third-order valence-corrected chi connectivity index (χ3v) is 2.99. The predicted molar refractivity (Wildman–Crippen MR) is 58.6 cm³/mol. The fraction of sp³-hybridized carbons (Fsp3) is 0.333. The van der Waals surface area contributed by atoms with Crippen molar-refractivity contribution in [3.8, 4) is 0 Å². The highest BCUT2D eigenvalue weighted by molar-refractivity contribution is 7.98. The Bertz CT molecular complexity index is 320. The summed E-state index contributed by atoms with van der Waals surface area (Å²) < 4.78 is 13.1. The zero-order chi connectivity index (χ0) is 10.7. The van der Waals surface area contributed by atoms with Gasteiger partial charge in [-0.2, -0.15) is 0 Å². The molecule has 0 aliphatic rings. The highest BCUT2D eigenvalue weighted by atomic mass is 35.5. The number of rotatable bonds is 3. The molecule has 0 aromatic heterocycles. The Hall–Kier alpha value is 0.0400. The van der Waals surface area contributed by atoms with Crippen LogP contribution in [0.5, 0.6) is 0 Å². The zero-order valence-electron chi connectivity index (χ0n) is 7.38. The Labute approximate surface area is 96.2 Å². The monoisotopic (exact) mass is 254 g/mol. The molecule has 1 unspecified atom stereocenters. The Kier molecular flexibility index (Phi) is 4.51. The number of benzene rings is 1. The van der Waals surface area contributed by atoms with E-state index in [0.29, 0.717) is 10.5 Å². The van der Waals surface area contributed by atoms with Crippen molar-refractivity contribution in [2.24, 2.45) is 0 Å². The van der Waals surface area contributed by atoms with Crippen molar-refractivity contribution in [2.45, 2.75) is 15.8 Å². The molecule has 0 saturated carbocycles. The lowest BCUT2D eigenvalue weighted by atomic mass is 10.1. The molecule has 5 heteroatoms. The van der Waals surface area contributed by atoms with Gasteiger partial charge in [0.05, 0.1) is 0 Å². The number of alkyl halides is 2. The normalized spacial score (nSPS) is 13.3. The summed E-state index contributed by atoms with van der Waals surface area (Å²) in [6, 6.07) is 4.31. The molecule has 0 aliphatic carbocycles. The van der Waals surface area contributed by atoms with Crippen LogP contribution in [-0.4, -0.2) is 16.2 Å². The lowest BCUT2D eigenvalue weighted by Gasteiger charge is -2.12. The second kappa shape index (κ2) is 5.21. The number of halogens is 3. The summed E-state index contributed by atoms with van der Waals surface area (Å²) in [4.78, 5) is -0.439. The van der Waals surface area contributed by atoms with Crippen LogP contribution in [-0.2, 0) is 0 Å². The van der Waals surface area contributed by atoms with Crippen LogP contribution in [0, 0.1) is 5.82 Å². The van der Waals surface area contributed by atoms with Gasteiger partial charge in [0.25, 0.3) is 0 Å². The molecule has 0 amide bonds. The molecule has 0 heterocycles. The van der Waals surface area contributed by atoms with Gasteiger partial charge in [-0.1, -0.05) is 6.07 Å². The van der Waals surface area contributed by atoms with Crippen LogP contribution in [0.3, 0.4) is 0 Å². The van der Waals surface area contributed by atoms with Gasteiger partial charge in [-0.25, -0.2) is 4.39 Å². The molecule has 0 fully saturated rings. The molecule has 0 bridgehead atoms. The van der Waals surface area contributed by atoms with E-state index in [0.717, 1.165) is 0 Å². The predicted octanol–water partition coefficient (Wildman–Crippen LogP) is 3.38. The number of aliphatic hydroxyl groups excluding tert-OH is 1. The van der Waals surface area contributed by atoms with Crippen molar-refractivity contribution in [1.29, 1.82) is 0 Å². The van der Waals surface area contributed by atoms with Crippen molar-refractivity contribution < 1.29 is 9.50 Å². The molecule has 14 heavy (non-hydrogen) atoms. The van der Waals surface area contributed by atoms with Gasteiger partial charge in [-0.05, 0) is 24.0 Å². The maximum Gasteiger partial charge on any atom is 0.137 e. The molecule has 78 valence electrons. The molecular formula is C9H9Cl2FOS. The maximum atomic E-state index is 13.1. The van der Waals surface area contributed by atoms with Gasteiger partial charge in [-0.15, -0.1) is 35.0 Å². The Morgan fingerprint density at radius 1 is 1.43 bits per heavy atom. The number of thioether (sulfide) groups is 1. The van der Waals surface area contributed by atoms with Crippen LogP contribution >= 0.6 is 35.0 Å². The summed E-state index contributed by atoms with van der Waals surface area (Å²) in [7, 11) is 0. The summed E-state index contributed by atoms with van der Waals surface area (Å²) in [6.07, 6.45) is 0.776. The van der Waals surface area contributed by atoms with Crippen molar-refractivity contribution in [2.75, 3.05) is 6.26 Å². The Balaban J connectivity index is 3.00. The third kappa shape index (κ3) is 2.76. The summed E-state index contributed by atoms with van der Waals surface area (Å²) in [5.41, 5.74) is 0.519. The summed E-state index contributed by atoms with van der Waals surface area (Å²) in [5.74, 6) is -0.311. The van der Waals surface area contributed by atoms with Crippen LogP contribution in [0.1, 0.15) is 11.7 Å². The van der Waals surface area contributed by atoms with Gasteiger partial charge >= 0.3 is 0 Å². The summed E-state index contributed by atoms with van der Waals surface area (Å²) in [6.45, 7) is 0. The molecule has 1 aromatic carbocycles. The molecule has 1 atom stereocenters. The fourth-order valence-electron chi connectivity index (χ4n) is 1.01. The zero-order valence-corrected chi connectivity index (χ0v) is 9.70. The largest absolute Gasteiger partial charge is 0.386 e. The van der Waals surface area contributed by atoms with E-state index in [1.165, 1.54) is 23.9 Å². The second-order valence-electron chi connectivity index (χ2n) is 2.67. The van der Waals surface area contributed by atoms with E-state index in [1.807, 2.05) is 0 Å². The van der Waals surface area contributed by atoms with Crippen LogP contribution in [0.15, 0.2) is 23.1 Å². The van der Waals surface area contributed by atoms with Crippen LogP contribution in [0.2, 0.25) is 0 Å². The highest BCUT2D eigenvalue weighted by Crippen LogP contribution is 2.28. The lowest BCUT2D eigenvalue weighted by molar-refractivity contribution is 0.192. The fourth-order valence-corrected chi connectivity index (χ4v) is 1.81. The van der Waals surface area contributed by atoms with Gasteiger partial charge < -0.3 is 5.11 Å². The third-order valence-electron chi connectivity index (χ3n) is 1.76. The Morgan fingerprint density at radius 2 is 2.07 bits per heavy atom. The molecule has 1 nitrogen and oxygen atoms in total. The minimum Gasteiger partial charge on any atom is -0.386 e. The van der Waals surface area contributed by atoms with E-state index in [-0.39, 0.29) is 5.82 Å². The topological polar surface area (TPSA) is 20.2 Å². The first kappa shape index (κ1) is 12.1. The first-order valence-corrected chi connectivity index (χ1v) is 5.95. The Morgan fingerprint density at radius 3 is 2.57 bits per heavy atom. The molecule has 1 N–H and O–H groups in total. The van der Waals surface area contributed by atoms with E-state index in [9.17, 15) is 9.50 Å². The minimum absolute atomic E-state index is 0.311. The average molecular weight is 255 g/mol. The van der Waals surface area contributed by atoms with Gasteiger partial charge in [0, 0.05) is 4.90 Å². The summed E-state index contributed by atoms with van der Waals surface area (Å²) in [5, 5.41) is 9.51. The summed E-state index contributed by atoms with van der Waals surface area (Å²) >= 11 is 12.3. The van der Waals surface area contributed by atoms with Crippen LogP contribution < -0.4 is 0 Å². The lowest BCUT2D eigenvalue weighted by Crippen LogP contribution is -2.06. The van der Waals surface area contributed by atoms with Crippen molar-refractivity contribution in [1.82, 2.24) is 0 Å². The molecule has 1 rings (SSSR count). The number of hydrogen-bond donors (Lipinski definition) is 1. The van der Waals surface area contributed by atoms with Crippen molar-refractivity contribution >= 4 is 35.0 Å². The van der Waals surface area contributed by atoms with Gasteiger partial charge in [-0.3, -0.25) is 0 Å². The first-order valence-electron chi connectivity index (χ1n) is 3.86.